The van der Waals surface area contributed by atoms with Crippen molar-refractivity contribution in [2.75, 3.05) is 6.61 Å². The molecule has 0 aromatic heterocycles. The van der Waals surface area contributed by atoms with E-state index in [0.717, 1.165) is 25.7 Å². The normalized spacial score (nSPS) is 10.9. The first kappa shape index (κ1) is 22.5. The number of benzene rings is 3. The molecule has 0 aliphatic heterocycles. The first-order valence-corrected chi connectivity index (χ1v) is 12.2. The molecule has 3 rings (SSSR count). The Morgan fingerprint density at radius 1 is 0.833 bits per heavy atom. The van der Waals surface area contributed by atoms with Crippen LogP contribution in [0.5, 0.6) is 0 Å². The summed E-state index contributed by atoms with van der Waals surface area (Å²) < 4.78 is 5.88. The van der Waals surface area contributed by atoms with E-state index in [4.69, 9.17) is 4.74 Å². The second-order valence-corrected chi connectivity index (χ2v) is 9.87. The number of rotatable bonds is 11. The molecule has 0 aliphatic rings. The van der Waals surface area contributed by atoms with Gasteiger partial charge in [-0.2, -0.15) is 0 Å². The highest BCUT2D eigenvalue weighted by atomic mass is 32.2. The molecular weight excluding hydrogens is 408 g/mol. The molecule has 0 radical (unpaired) electrons. The van der Waals surface area contributed by atoms with Gasteiger partial charge in [-0.1, -0.05) is 61.9 Å². The average molecular weight is 437 g/mol. The predicted molar refractivity (Wildman–Crippen MR) is 128 cm³/mol. The summed E-state index contributed by atoms with van der Waals surface area (Å²) in [6.07, 6.45) is 3.94. The van der Waals surface area contributed by atoms with E-state index >= 15 is 0 Å². The zero-order chi connectivity index (χ0) is 21.0. The Hall–Kier alpha value is -2.17. The Kier molecular flexibility index (Phi) is 9.39. The lowest BCUT2D eigenvalue weighted by Gasteiger charge is -2.16. The summed E-state index contributed by atoms with van der Waals surface area (Å²) in [5, 5.41) is 0. The molecule has 0 aliphatic carbocycles. The summed E-state index contributed by atoms with van der Waals surface area (Å²) >= 11 is 3.73. The van der Waals surface area contributed by atoms with Crippen molar-refractivity contribution in [2.45, 2.75) is 47.0 Å². The quantitative estimate of drug-likeness (QED) is 0.135. The molecule has 0 saturated heterocycles. The largest absolute Gasteiger partial charge is 0.462 e. The van der Waals surface area contributed by atoms with Crippen molar-refractivity contribution in [3.05, 3.63) is 96.1 Å². The molecule has 0 unspecified atom stereocenters. The minimum atomic E-state index is -0.235. The lowest BCUT2D eigenvalue weighted by molar-refractivity contribution is 0.0499. The van der Waals surface area contributed by atoms with Crippen LogP contribution in [0.3, 0.4) is 0 Å². The molecule has 0 fully saturated rings. The van der Waals surface area contributed by atoms with E-state index < -0.39 is 0 Å². The molecule has 0 spiro atoms. The molecule has 0 saturated carbocycles. The number of esters is 1. The van der Waals surface area contributed by atoms with Crippen molar-refractivity contribution in [3.8, 4) is 0 Å². The number of ether oxygens (including phenoxy) is 1. The SMILES string of the molecule is CCCc1ccc(C(=O)OCCCC(Sc2ccccc2)Sc2ccccc2)cc1. The third-order valence-corrected chi connectivity index (χ3v) is 7.23. The molecule has 4 heteroatoms. The van der Waals surface area contributed by atoms with Crippen LogP contribution in [0.2, 0.25) is 0 Å². The van der Waals surface area contributed by atoms with Gasteiger partial charge < -0.3 is 4.74 Å². The third-order valence-electron chi connectivity index (χ3n) is 4.57. The Balaban J connectivity index is 1.50. The average Bonchev–Trinajstić information content (AvgIpc) is 2.78. The van der Waals surface area contributed by atoms with Gasteiger partial charge in [0.15, 0.2) is 0 Å². The molecule has 3 aromatic rings. The van der Waals surface area contributed by atoms with Gasteiger partial charge in [-0.15, -0.1) is 23.5 Å². The highest BCUT2D eigenvalue weighted by Gasteiger charge is 2.13. The molecule has 3 aromatic carbocycles. The standard InChI is InChI=1S/C26H28O2S2/c1-2-10-21-16-18-22(19-17-21)26(27)28-20-9-15-25(29-23-11-5-3-6-12-23)30-24-13-7-4-8-14-24/h3-8,11-14,16-19,25H,2,9-10,15,20H2,1H3. The van der Waals surface area contributed by atoms with E-state index in [9.17, 15) is 4.79 Å². The van der Waals surface area contributed by atoms with Crippen LogP contribution in [0.25, 0.3) is 0 Å². The first-order chi connectivity index (χ1) is 14.7. The summed E-state index contributed by atoms with van der Waals surface area (Å²) in [5.74, 6) is -0.235. The van der Waals surface area contributed by atoms with Crippen LogP contribution in [0.4, 0.5) is 0 Å². The highest BCUT2D eigenvalue weighted by molar-refractivity contribution is 8.17. The number of hydrogen-bond acceptors (Lipinski definition) is 4. The molecule has 30 heavy (non-hydrogen) atoms. The maximum absolute atomic E-state index is 12.3. The Morgan fingerprint density at radius 2 is 1.40 bits per heavy atom. The van der Waals surface area contributed by atoms with Gasteiger partial charge in [0.05, 0.1) is 16.8 Å². The Bertz CT molecular complexity index is 838. The van der Waals surface area contributed by atoms with Crippen molar-refractivity contribution in [1.29, 1.82) is 0 Å². The van der Waals surface area contributed by atoms with E-state index in [1.165, 1.54) is 15.4 Å². The number of aryl methyl sites for hydroxylation is 1. The van der Waals surface area contributed by atoms with Gasteiger partial charge in [-0.25, -0.2) is 4.79 Å². The van der Waals surface area contributed by atoms with Crippen LogP contribution in [-0.2, 0) is 11.2 Å². The van der Waals surface area contributed by atoms with E-state index in [1.807, 2.05) is 59.9 Å². The van der Waals surface area contributed by atoms with Crippen molar-refractivity contribution in [3.63, 3.8) is 0 Å². The summed E-state index contributed by atoms with van der Waals surface area (Å²) in [4.78, 5) is 14.8. The van der Waals surface area contributed by atoms with Crippen molar-refractivity contribution in [1.82, 2.24) is 0 Å². The third kappa shape index (κ3) is 7.58. The summed E-state index contributed by atoms with van der Waals surface area (Å²) in [5.41, 5.74) is 1.89. The summed E-state index contributed by atoms with van der Waals surface area (Å²) in [6, 6.07) is 28.7. The Morgan fingerprint density at radius 3 is 1.93 bits per heavy atom. The fraction of sp³-hybridized carbons (Fsp3) is 0.269. The lowest BCUT2D eigenvalue weighted by atomic mass is 10.1. The number of carbonyl (C=O) groups excluding carboxylic acids is 1. The minimum absolute atomic E-state index is 0.235. The molecule has 156 valence electrons. The van der Waals surface area contributed by atoms with Crippen LogP contribution in [0.15, 0.2) is 94.7 Å². The minimum Gasteiger partial charge on any atom is -0.462 e. The van der Waals surface area contributed by atoms with Crippen LogP contribution >= 0.6 is 23.5 Å². The van der Waals surface area contributed by atoms with Gasteiger partial charge >= 0.3 is 5.97 Å². The van der Waals surface area contributed by atoms with Crippen LogP contribution in [0, 0.1) is 0 Å². The highest BCUT2D eigenvalue weighted by Crippen LogP contribution is 2.38. The molecule has 0 N–H and O–H groups in total. The fourth-order valence-electron chi connectivity index (χ4n) is 3.04. The van der Waals surface area contributed by atoms with Crippen molar-refractivity contribution >= 4 is 29.5 Å². The second kappa shape index (κ2) is 12.5. The van der Waals surface area contributed by atoms with Gasteiger partial charge in [0, 0.05) is 9.79 Å². The first-order valence-electron chi connectivity index (χ1n) is 10.4. The maximum atomic E-state index is 12.3. The number of carbonyl (C=O) groups is 1. The molecule has 0 amide bonds. The van der Waals surface area contributed by atoms with Gasteiger partial charge in [0.25, 0.3) is 0 Å². The smallest absolute Gasteiger partial charge is 0.338 e. The molecule has 2 nitrogen and oxygen atoms in total. The van der Waals surface area contributed by atoms with Gasteiger partial charge in [0.2, 0.25) is 0 Å². The predicted octanol–water partition coefficient (Wildman–Crippen LogP) is 7.49. The number of hydrogen-bond donors (Lipinski definition) is 0. The molecule has 0 bridgehead atoms. The zero-order valence-electron chi connectivity index (χ0n) is 17.3. The molecule has 0 atom stereocenters. The summed E-state index contributed by atoms with van der Waals surface area (Å²) in [6.45, 7) is 2.60. The summed E-state index contributed by atoms with van der Waals surface area (Å²) in [7, 11) is 0. The van der Waals surface area contributed by atoms with Crippen molar-refractivity contribution < 1.29 is 9.53 Å². The fourth-order valence-corrected chi connectivity index (χ4v) is 5.70. The van der Waals surface area contributed by atoms with Crippen LogP contribution < -0.4 is 0 Å². The molecule has 0 heterocycles. The van der Waals surface area contributed by atoms with Crippen LogP contribution in [-0.4, -0.2) is 17.2 Å². The second-order valence-electron chi connectivity index (χ2n) is 7.02. The van der Waals surface area contributed by atoms with Crippen LogP contribution in [0.1, 0.15) is 42.1 Å². The van der Waals surface area contributed by atoms with Gasteiger partial charge in [-0.3, -0.25) is 0 Å². The van der Waals surface area contributed by atoms with E-state index in [-0.39, 0.29) is 5.97 Å². The topological polar surface area (TPSA) is 26.3 Å². The van der Waals surface area contributed by atoms with Gasteiger partial charge in [0.1, 0.15) is 0 Å². The van der Waals surface area contributed by atoms with Crippen molar-refractivity contribution in [2.24, 2.45) is 0 Å². The van der Waals surface area contributed by atoms with E-state index in [2.05, 4.69) is 55.5 Å². The lowest BCUT2D eigenvalue weighted by Crippen LogP contribution is -2.08. The Labute approximate surface area is 188 Å². The van der Waals surface area contributed by atoms with E-state index in [1.54, 1.807) is 0 Å². The van der Waals surface area contributed by atoms with E-state index in [0.29, 0.717) is 16.8 Å². The van der Waals surface area contributed by atoms with Gasteiger partial charge in [-0.05, 0) is 61.2 Å². The monoisotopic (exact) mass is 436 g/mol. The molecular formula is C26H28O2S2. The zero-order valence-corrected chi connectivity index (χ0v) is 19.0. The number of thioether (sulfide) groups is 2. The maximum Gasteiger partial charge on any atom is 0.338 e.